The number of carboxylic acids is 1. The van der Waals surface area contributed by atoms with E-state index >= 15 is 0 Å². The Bertz CT molecular complexity index is 1580. The van der Waals surface area contributed by atoms with Crippen LogP contribution in [0, 0.1) is 24.7 Å². The van der Waals surface area contributed by atoms with E-state index in [1.807, 2.05) is 4.90 Å². The van der Waals surface area contributed by atoms with Gasteiger partial charge in [-0.15, -0.1) is 0 Å². The predicted molar refractivity (Wildman–Crippen MR) is 178 cm³/mol. The summed E-state index contributed by atoms with van der Waals surface area (Å²) in [6.45, 7) is 7.32. The molecule has 0 radical (unpaired) electrons. The van der Waals surface area contributed by atoms with Crippen molar-refractivity contribution in [1.82, 2.24) is 4.90 Å². The second-order valence-corrected chi connectivity index (χ2v) is 12.1. The quantitative estimate of drug-likeness (QED) is 0.156. The molecule has 3 aromatic rings. The average Bonchev–Trinajstić information content (AvgIpc) is 3.55. The Morgan fingerprint density at radius 3 is 2.50 bits per heavy atom. The molecule has 3 unspecified atom stereocenters. The number of nitrogens with one attached hydrogen (secondary N) is 2. The zero-order valence-corrected chi connectivity index (χ0v) is 26.0. The monoisotopic (exact) mass is 589 g/mol. The first kappa shape index (κ1) is 30.9. The topological polar surface area (TPSA) is 81.7 Å². The van der Waals surface area contributed by atoms with Crippen LogP contribution in [-0.4, -0.2) is 34.5 Å². The lowest BCUT2D eigenvalue weighted by molar-refractivity contribution is -0.130. The minimum Gasteiger partial charge on any atom is -0.478 e. The van der Waals surface area contributed by atoms with Gasteiger partial charge in [0.25, 0.3) is 0 Å². The van der Waals surface area contributed by atoms with Gasteiger partial charge in [-0.2, -0.15) is 0 Å². The number of likely N-dealkylation sites (tertiary alicyclic amines) is 1. The number of carbonyl (C=O) groups excluding carboxylic acids is 1. The minimum atomic E-state index is -0.956. The second kappa shape index (κ2) is 14.3. The molecule has 1 amide bonds. The molecule has 3 aromatic carbocycles. The molecule has 3 atom stereocenters. The van der Waals surface area contributed by atoms with Gasteiger partial charge in [-0.25, -0.2) is 4.79 Å². The van der Waals surface area contributed by atoms with Gasteiger partial charge in [-0.3, -0.25) is 4.79 Å². The molecular formula is C38H43N3O3. The lowest BCUT2D eigenvalue weighted by Crippen LogP contribution is -2.35. The Morgan fingerprint density at radius 1 is 1.05 bits per heavy atom. The summed E-state index contributed by atoms with van der Waals surface area (Å²) in [6.07, 6.45) is 8.80. The molecular weight excluding hydrogens is 546 g/mol. The van der Waals surface area contributed by atoms with E-state index in [4.69, 9.17) is 5.11 Å². The fourth-order valence-electron chi connectivity index (χ4n) is 5.84. The SMILES string of the molecule is CCCC/C=C(/Nc1ccccc1C)Nc1ccc(CC(=O)N2CCCC2C#Cc2ccc(C(=O)O)cc2)cc1C1CC1C. The molecule has 1 aliphatic heterocycles. The van der Waals surface area contributed by atoms with Crippen molar-refractivity contribution in [2.24, 2.45) is 5.92 Å². The van der Waals surface area contributed by atoms with E-state index in [0.717, 1.165) is 66.8 Å². The number of allylic oxidation sites excluding steroid dienone is 1. The van der Waals surface area contributed by atoms with Crippen molar-refractivity contribution in [1.29, 1.82) is 0 Å². The Morgan fingerprint density at radius 2 is 1.80 bits per heavy atom. The highest BCUT2D eigenvalue weighted by Crippen LogP contribution is 2.49. The zero-order chi connectivity index (χ0) is 31.1. The fourth-order valence-corrected chi connectivity index (χ4v) is 5.84. The molecule has 5 rings (SSSR count). The maximum Gasteiger partial charge on any atom is 0.335 e. The summed E-state index contributed by atoms with van der Waals surface area (Å²) in [5.74, 6) is 7.66. The van der Waals surface area contributed by atoms with Gasteiger partial charge in [-0.05, 0) is 110 Å². The molecule has 3 N–H and O–H groups in total. The third-order valence-electron chi connectivity index (χ3n) is 8.66. The third kappa shape index (κ3) is 7.90. The molecule has 1 aliphatic carbocycles. The standard InChI is InChI=1S/C38H43N3O3/c1-4-5-6-13-36(39-34-12-8-7-10-26(34)2)40-35-21-17-29(24-33(35)32-23-27(32)3)25-37(42)41-22-9-11-31(41)20-16-28-14-18-30(19-15-28)38(43)44/h7-8,10,12-15,17-19,21,24,27,31-32,39-40H,4-6,9,11,22-23,25H2,1-3H3,(H,43,44)/b36-13-. The molecule has 0 aromatic heterocycles. The highest BCUT2D eigenvalue weighted by Gasteiger charge is 2.36. The van der Waals surface area contributed by atoms with Crippen LogP contribution in [0.2, 0.25) is 0 Å². The van der Waals surface area contributed by atoms with Crippen LogP contribution < -0.4 is 10.6 Å². The molecule has 44 heavy (non-hydrogen) atoms. The van der Waals surface area contributed by atoms with Crippen LogP contribution in [0.15, 0.2) is 78.6 Å². The number of amides is 1. The molecule has 0 spiro atoms. The molecule has 1 saturated carbocycles. The normalized spacial score (nSPS) is 19.2. The van der Waals surface area contributed by atoms with Crippen molar-refractivity contribution in [3.8, 4) is 11.8 Å². The van der Waals surface area contributed by atoms with E-state index in [2.05, 4.69) is 91.8 Å². The van der Waals surface area contributed by atoms with Crippen molar-refractivity contribution in [2.75, 3.05) is 17.2 Å². The average molecular weight is 590 g/mol. The number of carbonyl (C=O) groups is 2. The van der Waals surface area contributed by atoms with Crippen molar-refractivity contribution in [2.45, 2.75) is 77.7 Å². The first-order chi connectivity index (χ1) is 21.3. The maximum absolute atomic E-state index is 13.5. The van der Waals surface area contributed by atoms with Crippen molar-refractivity contribution in [3.05, 3.63) is 106 Å². The van der Waals surface area contributed by atoms with E-state index in [9.17, 15) is 9.59 Å². The molecule has 2 aliphatic rings. The van der Waals surface area contributed by atoms with E-state index in [-0.39, 0.29) is 17.5 Å². The van der Waals surface area contributed by atoms with Gasteiger partial charge in [0.05, 0.1) is 18.0 Å². The Balaban J connectivity index is 1.31. The number of hydrogen-bond acceptors (Lipinski definition) is 4. The Labute approximate surface area is 261 Å². The summed E-state index contributed by atoms with van der Waals surface area (Å²) >= 11 is 0. The summed E-state index contributed by atoms with van der Waals surface area (Å²) in [5, 5.41) is 16.5. The van der Waals surface area contributed by atoms with Gasteiger partial charge in [0.1, 0.15) is 5.82 Å². The number of carboxylic acid groups (broad SMARTS) is 1. The van der Waals surface area contributed by atoms with Crippen molar-refractivity contribution >= 4 is 23.3 Å². The van der Waals surface area contributed by atoms with Crippen LogP contribution in [0.1, 0.15) is 90.9 Å². The lowest BCUT2D eigenvalue weighted by atomic mass is 10.0. The number of unbranched alkanes of at least 4 members (excludes halogenated alkanes) is 2. The molecule has 1 heterocycles. The number of aromatic carboxylic acids is 1. The smallest absolute Gasteiger partial charge is 0.335 e. The minimum absolute atomic E-state index is 0.0971. The van der Waals surface area contributed by atoms with Crippen LogP contribution in [0.4, 0.5) is 11.4 Å². The van der Waals surface area contributed by atoms with E-state index in [1.54, 1.807) is 24.3 Å². The molecule has 0 bridgehead atoms. The van der Waals surface area contributed by atoms with Crippen LogP contribution in [-0.2, 0) is 11.2 Å². The predicted octanol–water partition coefficient (Wildman–Crippen LogP) is 7.96. The van der Waals surface area contributed by atoms with Gasteiger partial charge in [0.15, 0.2) is 0 Å². The molecule has 228 valence electrons. The maximum atomic E-state index is 13.5. The van der Waals surface area contributed by atoms with Gasteiger partial charge < -0.3 is 20.6 Å². The summed E-state index contributed by atoms with van der Waals surface area (Å²) in [6, 6.07) is 21.2. The number of para-hydroxylation sites is 1. The third-order valence-corrected chi connectivity index (χ3v) is 8.66. The van der Waals surface area contributed by atoms with Crippen LogP contribution >= 0.6 is 0 Å². The van der Waals surface area contributed by atoms with E-state index in [0.29, 0.717) is 24.8 Å². The van der Waals surface area contributed by atoms with Gasteiger partial charge in [0, 0.05) is 23.5 Å². The number of nitrogens with zero attached hydrogens (tertiary/aromatic N) is 1. The zero-order valence-electron chi connectivity index (χ0n) is 26.0. The number of aryl methyl sites for hydroxylation is 1. The largest absolute Gasteiger partial charge is 0.478 e. The van der Waals surface area contributed by atoms with Crippen LogP contribution in [0.3, 0.4) is 0 Å². The Hall–Kier alpha value is -4.50. The highest BCUT2D eigenvalue weighted by atomic mass is 16.4. The van der Waals surface area contributed by atoms with Crippen molar-refractivity contribution in [3.63, 3.8) is 0 Å². The number of benzene rings is 3. The highest BCUT2D eigenvalue weighted by molar-refractivity contribution is 5.87. The molecule has 1 saturated heterocycles. The summed E-state index contributed by atoms with van der Waals surface area (Å²) < 4.78 is 0. The first-order valence-electron chi connectivity index (χ1n) is 15.9. The summed E-state index contributed by atoms with van der Waals surface area (Å²) in [5.41, 5.74) is 6.67. The molecule has 6 heteroatoms. The fraction of sp³-hybridized carbons (Fsp3) is 0.368. The second-order valence-electron chi connectivity index (χ2n) is 12.1. The number of hydrogen-bond donors (Lipinski definition) is 3. The molecule has 6 nitrogen and oxygen atoms in total. The summed E-state index contributed by atoms with van der Waals surface area (Å²) in [7, 11) is 0. The lowest BCUT2D eigenvalue weighted by Gasteiger charge is -2.22. The molecule has 2 fully saturated rings. The number of rotatable bonds is 11. The van der Waals surface area contributed by atoms with Gasteiger partial charge in [-0.1, -0.05) is 62.4 Å². The summed E-state index contributed by atoms with van der Waals surface area (Å²) in [4.78, 5) is 26.6. The first-order valence-corrected chi connectivity index (χ1v) is 15.9. The van der Waals surface area contributed by atoms with Crippen molar-refractivity contribution < 1.29 is 14.7 Å². The van der Waals surface area contributed by atoms with Gasteiger partial charge in [0.2, 0.25) is 5.91 Å². The Kier molecular flexibility index (Phi) is 10.1. The van der Waals surface area contributed by atoms with Gasteiger partial charge >= 0.3 is 5.97 Å². The number of anilines is 2. The van der Waals surface area contributed by atoms with E-state index < -0.39 is 5.97 Å². The van der Waals surface area contributed by atoms with Crippen LogP contribution in [0.5, 0.6) is 0 Å². The van der Waals surface area contributed by atoms with E-state index in [1.165, 1.54) is 11.1 Å². The van der Waals surface area contributed by atoms with Crippen LogP contribution in [0.25, 0.3) is 0 Å².